The number of carbonyl (C=O) groups is 2. The minimum absolute atomic E-state index is 0.229. The summed E-state index contributed by atoms with van der Waals surface area (Å²) >= 11 is 0. The number of nitrogens with one attached hydrogen (secondary N) is 1. The zero-order chi connectivity index (χ0) is 12.3. The van der Waals surface area contributed by atoms with Crippen molar-refractivity contribution in [3.05, 3.63) is 0 Å². The number of ether oxygens (including phenoxy) is 2. The second kappa shape index (κ2) is 4.59. The van der Waals surface area contributed by atoms with Crippen LogP contribution in [0.2, 0.25) is 0 Å². The van der Waals surface area contributed by atoms with E-state index in [1.54, 1.807) is 0 Å². The molecule has 6 nitrogen and oxygen atoms in total. The predicted octanol–water partition coefficient (Wildman–Crippen LogP) is 0.962. The van der Waals surface area contributed by atoms with Crippen molar-refractivity contribution in [1.82, 2.24) is 10.2 Å². The molecule has 0 aromatic heterocycles. The molecule has 0 saturated carbocycles. The van der Waals surface area contributed by atoms with Gasteiger partial charge in [-0.05, 0) is 20.8 Å². The lowest BCUT2D eigenvalue weighted by Gasteiger charge is -2.38. The van der Waals surface area contributed by atoms with E-state index < -0.39 is 11.7 Å². The Hall–Kier alpha value is -1.46. The molecular formula is C10H18N2O4. The number of alkyl carbamates (subject to hydrolysis) is 1. The van der Waals surface area contributed by atoms with E-state index in [2.05, 4.69) is 5.32 Å². The molecule has 1 aliphatic heterocycles. The summed E-state index contributed by atoms with van der Waals surface area (Å²) in [5.41, 5.74) is -0.496. The van der Waals surface area contributed by atoms with E-state index in [4.69, 9.17) is 9.47 Å². The van der Waals surface area contributed by atoms with E-state index in [1.165, 1.54) is 11.9 Å². The summed E-state index contributed by atoms with van der Waals surface area (Å²) in [5.74, 6) is 0. The summed E-state index contributed by atoms with van der Waals surface area (Å²) in [6, 6.07) is 0. The Morgan fingerprint density at radius 1 is 1.31 bits per heavy atom. The van der Waals surface area contributed by atoms with Gasteiger partial charge >= 0.3 is 12.2 Å². The van der Waals surface area contributed by atoms with Gasteiger partial charge in [-0.15, -0.1) is 0 Å². The Morgan fingerprint density at radius 3 is 2.31 bits per heavy atom. The van der Waals surface area contributed by atoms with Crippen LogP contribution in [0.1, 0.15) is 20.8 Å². The maximum Gasteiger partial charge on any atom is 0.410 e. The van der Waals surface area contributed by atoms with E-state index in [0.29, 0.717) is 13.1 Å². The number of hydrogen-bond donors (Lipinski definition) is 1. The van der Waals surface area contributed by atoms with Crippen molar-refractivity contribution in [2.75, 3.05) is 20.1 Å². The Labute approximate surface area is 94.9 Å². The first-order chi connectivity index (χ1) is 7.31. The first-order valence-corrected chi connectivity index (χ1v) is 5.18. The molecule has 1 heterocycles. The van der Waals surface area contributed by atoms with E-state index in [9.17, 15) is 9.59 Å². The highest BCUT2D eigenvalue weighted by Crippen LogP contribution is 2.16. The Morgan fingerprint density at radius 2 is 1.88 bits per heavy atom. The van der Waals surface area contributed by atoms with Gasteiger partial charge in [0.1, 0.15) is 11.7 Å². The molecule has 0 bridgehead atoms. The van der Waals surface area contributed by atoms with Crippen molar-refractivity contribution >= 4 is 12.2 Å². The number of carbonyl (C=O) groups excluding carboxylic acids is 2. The summed E-state index contributed by atoms with van der Waals surface area (Å²) < 4.78 is 10.1. The second-order valence-corrected chi connectivity index (χ2v) is 4.66. The highest BCUT2D eigenvalue weighted by atomic mass is 16.6. The van der Waals surface area contributed by atoms with Crippen LogP contribution in [0.4, 0.5) is 9.59 Å². The van der Waals surface area contributed by atoms with Gasteiger partial charge in [-0.2, -0.15) is 0 Å². The molecular weight excluding hydrogens is 212 g/mol. The molecule has 1 fully saturated rings. The lowest BCUT2D eigenvalue weighted by Crippen LogP contribution is -2.56. The number of hydrogen-bond acceptors (Lipinski definition) is 4. The van der Waals surface area contributed by atoms with Gasteiger partial charge < -0.3 is 19.7 Å². The topological polar surface area (TPSA) is 67.9 Å². The molecule has 16 heavy (non-hydrogen) atoms. The van der Waals surface area contributed by atoms with Gasteiger partial charge in [0.25, 0.3) is 0 Å². The van der Waals surface area contributed by atoms with Gasteiger partial charge in [0.15, 0.2) is 0 Å². The number of likely N-dealkylation sites (tertiary alicyclic amines) is 1. The fraction of sp³-hybridized carbons (Fsp3) is 0.800. The Kier molecular flexibility index (Phi) is 3.62. The van der Waals surface area contributed by atoms with Crippen LogP contribution in [0.15, 0.2) is 0 Å². The lowest BCUT2D eigenvalue weighted by atomic mass is 10.2. The Bertz CT molecular complexity index is 279. The first kappa shape index (κ1) is 12.6. The normalized spacial score (nSPS) is 16.4. The third-order valence-corrected chi connectivity index (χ3v) is 1.98. The molecule has 0 spiro atoms. The van der Waals surface area contributed by atoms with Crippen LogP contribution >= 0.6 is 0 Å². The van der Waals surface area contributed by atoms with Crippen LogP contribution in [0.5, 0.6) is 0 Å². The van der Waals surface area contributed by atoms with E-state index >= 15 is 0 Å². The average molecular weight is 230 g/mol. The van der Waals surface area contributed by atoms with Gasteiger partial charge in [-0.3, -0.25) is 0 Å². The predicted molar refractivity (Wildman–Crippen MR) is 57.1 cm³/mol. The SMILES string of the molecule is CNC(=O)OC1CN(C(=O)OC(C)(C)C)C1. The van der Waals surface area contributed by atoms with Crippen molar-refractivity contribution < 1.29 is 19.1 Å². The maximum atomic E-state index is 11.5. The van der Waals surface area contributed by atoms with Crippen LogP contribution < -0.4 is 5.32 Å². The molecule has 1 N–H and O–H groups in total. The van der Waals surface area contributed by atoms with Crippen molar-refractivity contribution in [2.24, 2.45) is 0 Å². The fourth-order valence-corrected chi connectivity index (χ4v) is 1.20. The van der Waals surface area contributed by atoms with Gasteiger partial charge in [0.2, 0.25) is 0 Å². The number of nitrogens with zero attached hydrogens (tertiary/aromatic N) is 1. The van der Waals surface area contributed by atoms with Crippen LogP contribution in [-0.4, -0.2) is 48.9 Å². The molecule has 0 aromatic rings. The minimum atomic E-state index is -0.496. The lowest BCUT2D eigenvalue weighted by molar-refractivity contribution is -0.0362. The van der Waals surface area contributed by atoms with Gasteiger partial charge in [-0.25, -0.2) is 9.59 Å². The van der Waals surface area contributed by atoms with Crippen molar-refractivity contribution in [1.29, 1.82) is 0 Å². The smallest absolute Gasteiger partial charge is 0.410 e. The van der Waals surface area contributed by atoms with E-state index in [1.807, 2.05) is 20.8 Å². The monoisotopic (exact) mass is 230 g/mol. The third kappa shape index (κ3) is 3.60. The minimum Gasteiger partial charge on any atom is -0.444 e. The summed E-state index contributed by atoms with van der Waals surface area (Å²) in [4.78, 5) is 23.8. The van der Waals surface area contributed by atoms with Gasteiger partial charge in [0, 0.05) is 7.05 Å². The molecule has 1 rings (SSSR count). The van der Waals surface area contributed by atoms with Crippen LogP contribution in [0.3, 0.4) is 0 Å². The third-order valence-electron chi connectivity index (χ3n) is 1.98. The fourth-order valence-electron chi connectivity index (χ4n) is 1.20. The second-order valence-electron chi connectivity index (χ2n) is 4.66. The molecule has 6 heteroatoms. The molecule has 0 aliphatic carbocycles. The summed E-state index contributed by atoms with van der Waals surface area (Å²) in [6.45, 7) is 6.21. The quantitative estimate of drug-likeness (QED) is 0.728. The summed E-state index contributed by atoms with van der Waals surface area (Å²) in [6.07, 6.45) is -1.08. The highest BCUT2D eigenvalue weighted by molar-refractivity contribution is 5.70. The maximum absolute atomic E-state index is 11.5. The van der Waals surface area contributed by atoms with Crippen molar-refractivity contribution in [3.63, 3.8) is 0 Å². The van der Waals surface area contributed by atoms with Crippen molar-refractivity contribution in [2.45, 2.75) is 32.5 Å². The molecule has 0 atom stereocenters. The number of amides is 2. The summed E-state index contributed by atoms with van der Waals surface area (Å²) in [5, 5.41) is 2.35. The van der Waals surface area contributed by atoms with Crippen LogP contribution in [0, 0.1) is 0 Å². The average Bonchev–Trinajstić information content (AvgIpc) is 2.06. The van der Waals surface area contributed by atoms with Crippen LogP contribution in [0.25, 0.3) is 0 Å². The molecule has 0 radical (unpaired) electrons. The molecule has 0 unspecified atom stereocenters. The molecule has 1 saturated heterocycles. The first-order valence-electron chi connectivity index (χ1n) is 5.18. The van der Waals surface area contributed by atoms with E-state index in [-0.39, 0.29) is 12.2 Å². The Balaban J connectivity index is 2.25. The molecule has 0 aromatic carbocycles. The zero-order valence-electron chi connectivity index (χ0n) is 10.1. The zero-order valence-corrected chi connectivity index (χ0v) is 10.1. The van der Waals surface area contributed by atoms with E-state index in [0.717, 1.165) is 0 Å². The van der Waals surface area contributed by atoms with Crippen molar-refractivity contribution in [3.8, 4) is 0 Å². The van der Waals surface area contributed by atoms with Gasteiger partial charge in [0.05, 0.1) is 13.1 Å². The largest absolute Gasteiger partial charge is 0.444 e. The number of rotatable bonds is 1. The standard InChI is InChI=1S/C10H18N2O4/c1-10(2,3)16-9(14)12-5-7(6-12)15-8(13)11-4/h7H,5-6H2,1-4H3,(H,11,13). The highest BCUT2D eigenvalue weighted by Gasteiger charge is 2.35. The molecule has 1 aliphatic rings. The summed E-state index contributed by atoms with van der Waals surface area (Å²) in [7, 11) is 1.49. The van der Waals surface area contributed by atoms with Crippen LogP contribution in [-0.2, 0) is 9.47 Å². The molecule has 2 amide bonds. The van der Waals surface area contributed by atoms with Gasteiger partial charge in [-0.1, -0.05) is 0 Å². The molecule has 92 valence electrons.